The van der Waals surface area contributed by atoms with Gasteiger partial charge in [0.25, 0.3) is 0 Å². The summed E-state index contributed by atoms with van der Waals surface area (Å²) in [4.78, 5) is 37.9. The zero-order valence-corrected chi connectivity index (χ0v) is 13.9. The smallest absolute Gasteiger partial charge is 0.233 e. The average Bonchev–Trinajstić information content (AvgIpc) is 2.85. The van der Waals surface area contributed by atoms with Crippen molar-refractivity contribution in [2.24, 2.45) is 11.8 Å². The van der Waals surface area contributed by atoms with Crippen LogP contribution in [0.15, 0.2) is 30.3 Å². The first-order valence-electron chi connectivity index (χ1n) is 8.82. The van der Waals surface area contributed by atoms with Gasteiger partial charge in [0.2, 0.25) is 17.7 Å². The zero-order chi connectivity index (χ0) is 16.9. The summed E-state index contributed by atoms with van der Waals surface area (Å²) in [5, 5.41) is 2.86. The molecule has 2 fully saturated rings. The van der Waals surface area contributed by atoms with Crippen LogP contribution < -0.4 is 5.32 Å². The Bertz CT molecular complexity index is 590. The number of fused-ring (bicyclic) bond motifs is 1. The molecule has 1 aromatic carbocycles. The fourth-order valence-corrected chi connectivity index (χ4v) is 3.74. The number of nitrogens with zero attached hydrogens (tertiary/aromatic N) is 1. The Morgan fingerprint density at radius 3 is 2.29 bits per heavy atom. The Labute approximate surface area is 142 Å². The molecule has 0 spiro atoms. The fourth-order valence-electron chi connectivity index (χ4n) is 3.74. The van der Waals surface area contributed by atoms with Crippen LogP contribution >= 0.6 is 0 Å². The predicted molar refractivity (Wildman–Crippen MR) is 89.9 cm³/mol. The second-order valence-electron chi connectivity index (χ2n) is 6.66. The van der Waals surface area contributed by atoms with Crippen LogP contribution in [-0.2, 0) is 20.8 Å². The maximum atomic E-state index is 12.3. The number of carbonyl (C=O) groups is 3. The van der Waals surface area contributed by atoms with Gasteiger partial charge < -0.3 is 5.32 Å². The van der Waals surface area contributed by atoms with Crippen molar-refractivity contribution in [3.8, 4) is 0 Å². The fraction of sp³-hybridized carbons (Fsp3) is 0.526. The lowest BCUT2D eigenvalue weighted by molar-refractivity contribution is -0.140. The Balaban J connectivity index is 1.42. The van der Waals surface area contributed by atoms with E-state index in [2.05, 4.69) is 5.32 Å². The van der Waals surface area contributed by atoms with Gasteiger partial charge in [0.15, 0.2) is 0 Å². The highest BCUT2D eigenvalue weighted by atomic mass is 16.2. The molecule has 1 heterocycles. The van der Waals surface area contributed by atoms with Gasteiger partial charge in [-0.2, -0.15) is 0 Å². The third-order valence-electron chi connectivity index (χ3n) is 5.07. The highest BCUT2D eigenvalue weighted by Gasteiger charge is 2.47. The summed E-state index contributed by atoms with van der Waals surface area (Å²) >= 11 is 0. The number of imide groups is 1. The van der Waals surface area contributed by atoms with Crippen molar-refractivity contribution in [2.75, 3.05) is 13.1 Å². The molecule has 3 rings (SSSR count). The molecule has 128 valence electrons. The number of carbonyl (C=O) groups excluding carboxylic acids is 3. The standard InChI is InChI=1S/C19H24N2O3/c22-17(20-12-10-14-6-2-1-3-7-14)11-13-21-18(23)15-8-4-5-9-16(15)19(21)24/h1-3,6-7,15-16H,4-5,8-13H2,(H,20,22). The van der Waals surface area contributed by atoms with Crippen LogP contribution in [0.4, 0.5) is 0 Å². The van der Waals surface area contributed by atoms with Gasteiger partial charge in [0, 0.05) is 19.5 Å². The summed E-state index contributed by atoms with van der Waals surface area (Å²) in [7, 11) is 0. The van der Waals surface area contributed by atoms with Gasteiger partial charge in [0.1, 0.15) is 0 Å². The van der Waals surface area contributed by atoms with Gasteiger partial charge in [-0.3, -0.25) is 19.3 Å². The van der Waals surface area contributed by atoms with Crippen molar-refractivity contribution in [1.29, 1.82) is 0 Å². The molecule has 24 heavy (non-hydrogen) atoms. The third kappa shape index (κ3) is 3.66. The van der Waals surface area contributed by atoms with E-state index in [0.29, 0.717) is 6.54 Å². The summed E-state index contributed by atoms with van der Waals surface area (Å²) in [5.74, 6) is -0.509. The number of benzene rings is 1. The van der Waals surface area contributed by atoms with E-state index >= 15 is 0 Å². The van der Waals surface area contributed by atoms with Gasteiger partial charge in [-0.05, 0) is 24.8 Å². The molecular formula is C19H24N2O3. The normalized spacial score (nSPS) is 23.2. The van der Waals surface area contributed by atoms with Crippen molar-refractivity contribution in [3.63, 3.8) is 0 Å². The van der Waals surface area contributed by atoms with Crippen LogP contribution in [0.2, 0.25) is 0 Å². The highest BCUT2D eigenvalue weighted by molar-refractivity contribution is 6.05. The van der Waals surface area contributed by atoms with Gasteiger partial charge >= 0.3 is 0 Å². The number of hydrogen-bond acceptors (Lipinski definition) is 3. The van der Waals surface area contributed by atoms with Crippen molar-refractivity contribution in [2.45, 2.75) is 38.5 Å². The SMILES string of the molecule is O=C(CCN1C(=O)C2CCCCC2C1=O)NCCc1ccccc1. The monoisotopic (exact) mass is 328 g/mol. The lowest BCUT2D eigenvalue weighted by atomic mass is 9.81. The molecule has 1 saturated heterocycles. The summed E-state index contributed by atoms with van der Waals surface area (Å²) in [6.07, 6.45) is 4.63. The molecule has 5 heteroatoms. The van der Waals surface area contributed by atoms with Crippen LogP contribution in [0.25, 0.3) is 0 Å². The van der Waals surface area contributed by atoms with E-state index in [-0.39, 0.29) is 42.5 Å². The van der Waals surface area contributed by atoms with E-state index < -0.39 is 0 Å². The lowest BCUT2D eigenvalue weighted by Gasteiger charge is -2.19. The van der Waals surface area contributed by atoms with Crippen LogP contribution in [0.5, 0.6) is 0 Å². The number of rotatable bonds is 6. The Kier molecular flexibility index (Phi) is 5.28. The summed E-state index contributed by atoms with van der Waals surface area (Å²) in [6.45, 7) is 0.776. The maximum absolute atomic E-state index is 12.3. The molecule has 0 aromatic heterocycles. The second-order valence-corrected chi connectivity index (χ2v) is 6.66. The minimum atomic E-state index is -0.132. The van der Waals surface area contributed by atoms with E-state index in [1.807, 2.05) is 30.3 Å². The highest BCUT2D eigenvalue weighted by Crippen LogP contribution is 2.37. The molecule has 3 amide bonds. The summed E-state index contributed by atoms with van der Waals surface area (Å²) in [5.41, 5.74) is 1.17. The van der Waals surface area contributed by atoms with Crippen LogP contribution in [0.1, 0.15) is 37.7 Å². The van der Waals surface area contributed by atoms with Gasteiger partial charge in [-0.15, -0.1) is 0 Å². The Morgan fingerprint density at radius 2 is 1.67 bits per heavy atom. The van der Waals surface area contributed by atoms with Crippen LogP contribution in [0.3, 0.4) is 0 Å². The topological polar surface area (TPSA) is 66.5 Å². The van der Waals surface area contributed by atoms with Gasteiger partial charge in [-0.1, -0.05) is 43.2 Å². The van der Waals surface area contributed by atoms with E-state index in [4.69, 9.17) is 0 Å². The van der Waals surface area contributed by atoms with Crippen molar-refractivity contribution in [1.82, 2.24) is 10.2 Å². The largest absolute Gasteiger partial charge is 0.356 e. The molecule has 2 atom stereocenters. The molecule has 1 N–H and O–H groups in total. The first kappa shape index (κ1) is 16.7. The van der Waals surface area contributed by atoms with E-state index in [1.165, 1.54) is 10.5 Å². The summed E-state index contributed by atoms with van der Waals surface area (Å²) in [6, 6.07) is 9.96. The predicted octanol–water partition coefficient (Wildman–Crippen LogP) is 1.91. The average molecular weight is 328 g/mol. The molecule has 2 unspecified atom stereocenters. The van der Waals surface area contributed by atoms with E-state index in [1.54, 1.807) is 0 Å². The molecule has 1 aliphatic heterocycles. The van der Waals surface area contributed by atoms with Gasteiger partial charge in [0.05, 0.1) is 11.8 Å². The number of hydrogen-bond donors (Lipinski definition) is 1. The Hall–Kier alpha value is -2.17. The molecule has 1 aliphatic carbocycles. The first-order valence-corrected chi connectivity index (χ1v) is 8.82. The zero-order valence-electron chi connectivity index (χ0n) is 13.9. The van der Waals surface area contributed by atoms with E-state index in [9.17, 15) is 14.4 Å². The summed E-state index contributed by atoms with van der Waals surface area (Å²) < 4.78 is 0. The molecule has 1 aromatic rings. The molecule has 0 bridgehead atoms. The quantitative estimate of drug-likeness (QED) is 0.811. The van der Waals surface area contributed by atoms with Gasteiger partial charge in [-0.25, -0.2) is 0 Å². The number of nitrogens with one attached hydrogen (secondary N) is 1. The molecule has 2 aliphatic rings. The number of amides is 3. The third-order valence-corrected chi connectivity index (χ3v) is 5.07. The van der Waals surface area contributed by atoms with Crippen molar-refractivity contribution in [3.05, 3.63) is 35.9 Å². The number of likely N-dealkylation sites (tertiary alicyclic amines) is 1. The second kappa shape index (κ2) is 7.60. The van der Waals surface area contributed by atoms with Crippen molar-refractivity contribution < 1.29 is 14.4 Å². The maximum Gasteiger partial charge on any atom is 0.233 e. The Morgan fingerprint density at radius 1 is 1.04 bits per heavy atom. The van der Waals surface area contributed by atoms with Crippen molar-refractivity contribution >= 4 is 17.7 Å². The lowest BCUT2D eigenvalue weighted by Crippen LogP contribution is -2.35. The van der Waals surface area contributed by atoms with E-state index in [0.717, 1.165) is 32.1 Å². The molecular weight excluding hydrogens is 304 g/mol. The minimum Gasteiger partial charge on any atom is -0.356 e. The molecule has 1 saturated carbocycles. The minimum absolute atomic E-state index is 0.0678. The van der Waals surface area contributed by atoms with Crippen LogP contribution in [0, 0.1) is 11.8 Å². The molecule has 0 radical (unpaired) electrons. The van der Waals surface area contributed by atoms with Crippen LogP contribution in [-0.4, -0.2) is 35.7 Å². The molecule has 5 nitrogen and oxygen atoms in total. The first-order chi connectivity index (χ1) is 11.7.